The Hall–Kier alpha value is -1.36. The van der Waals surface area contributed by atoms with Crippen LogP contribution >= 0.6 is 0 Å². The van der Waals surface area contributed by atoms with Gasteiger partial charge >= 0.3 is 0 Å². The zero-order chi connectivity index (χ0) is 9.97. The Morgan fingerprint density at radius 3 is 3.21 bits per heavy atom. The van der Waals surface area contributed by atoms with Gasteiger partial charge in [0.2, 0.25) is 0 Å². The van der Waals surface area contributed by atoms with Crippen molar-refractivity contribution in [2.24, 2.45) is 0 Å². The van der Waals surface area contributed by atoms with Crippen LogP contribution in [0.25, 0.3) is 0 Å². The first-order valence-electron chi connectivity index (χ1n) is 4.70. The number of hydrogen-bond donors (Lipinski definition) is 2. The molecule has 0 radical (unpaired) electrons. The van der Waals surface area contributed by atoms with Crippen molar-refractivity contribution in [1.82, 2.24) is 10.2 Å². The molecule has 0 unspecified atom stereocenters. The van der Waals surface area contributed by atoms with E-state index < -0.39 is 0 Å². The SMILES string of the molecule is Cc1cc(NC(=O)[C@@H]2CCCO2)n[nH]1. The smallest absolute Gasteiger partial charge is 0.254 e. The lowest BCUT2D eigenvalue weighted by molar-refractivity contribution is -0.124. The molecule has 1 aromatic rings. The van der Waals surface area contributed by atoms with Gasteiger partial charge in [-0.2, -0.15) is 5.10 Å². The number of aromatic amines is 1. The van der Waals surface area contributed by atoms with Crippen molar-refractivity contribution in [3.05, 3.63) is 11.8 Å². The first kappa shape index (κ1) is 9.21. The number of nitrogens with one attached hydrogen (secondary N) is 2. The Morgan fingerprint density at radius 1 is 1.79 bits per heavy atom. The van der Waals surface area contributed by atoms with E-state index in [0.717, 1.165) is 18.5 Å². The van der Waals surface area contributed by atoms with Crippen LogP contribution in [0.1, 0.15) is 18.5 Å². The molecule has 2 N–H and O–H groups in total. The third kappa shape index (κ3) is 1.93. The van der Waals surface area contributed by atoms with Crippen molar-refractivity contribution >= 4 is 11.7 Å². The second-order valence-electron chi connectivity index (χ2n) is 3.43. The first-order valence-corrected chi connectivity index (χ1v) is 4.70. The molecule has 0 aromatic carbocycles. The molecule has 0 saturated carbocycles. The van der Waals surface area contributed by atoms with Gasteiger partial charge in [0.15, 0.2) is 5.82 Å². The molecule has 1 aliphatic heterocycles. The van der Waals surface area contributed by atoms with Crippen LogP contribution in [0.4, 0.5) is 5.82 Å². The molecule has 76 valence electrons. The van der Waals surface area contributed by atoms with E-state index in [1.807, 2.05) is 6.92 Å². The van der Waals surface area contributed by atoms with Gasteiger partial charge in [0.05, 0.1) is 0 Å². The predicted octanol–water partition coefficient (Wildman–Crippen LogP) is 0.836. The van der Waals surface area contributed by atoms with Crippen LogP contribution in [0.3, 0.4) is 0 Å². The number of anilines is 1. The maximum Gasteiger partial charge on any atom is 0.254 e. The molecule has 0 spiro atoms. The Balaban J connectivity index is 1.93. The minimum atomic E-state index is -0.299. The molecule has 0 aliphatic carbocycles. The summed E-state index contributed by atoms with van der Waals surface area (Å²) in [5.74, 6) is 0.456. The van der Waals surface area contributed by atoms with Gasteiger partial charge in [-0.25, -0.2) is 0 Å². The quantitative estimate of drug-likeness (QED) is 0.734. The Bertz CT molecular complexity index is 329. The lowest BCUT2D eigenvalue weighted by Crippen LogP contribution is -2.26. The molecule has 2 heterocycles. The number of nitrogens with zero attached hydrogens (tertiary/aromatic N) is 1. The highest BCUT2D eigenvalue weighted by molar-refractivity contribution is 5.93. The number of aromatic nitrogens is 2. The van der Waals surface area contributed by atoms with E-state index in [1.165, 1.54) is 0 Å². The summed E-state index contributed by atoms with van der Waals surface area (Å²) in [4.78, 5) is 11.5. The molecule has 14 heavy (non-hydrogen) atoms. The van der Waals surface area contributed by atoms with Crippen molar-refractivity contribution in [2.75, 3.05) is 11.9 Å². The largest absolute Gasteiger partial charge is 0.368 e. The molecule has 5 heteroatoms. The fourth-order valence-corrected chi connectivity index (χ4v) is 1.47. The number of H-pyrrole nitrogens is 1. The van der Waals surface area contributed by atoms with Gasteiger partial charge in [-0.05, 0) is 19.8 Å². The predicted molar refractivity (Wildman–Crippen MR) is 50.9 cm³/mol. The zero-order valence-corrected chi connectivity index (χ0v) is 8.04. The highest BCUT2D eigenvalue weighted by Crippen LogP contribution is 2.14. The Labute approximate surface area is 81.8 Å². The van der Waals surface area contributed by atoms with E-state index in [4.69, 9.17) is 4.74 Å². The summed E-state index contributed by atoms with van der Waals surface area (Å²) in [7, 11) is 0. The highest BCUT2D eigenvalue weighted by atomic mass is 16.5. The van der Waals surface area contributed by atoms with Crippen LogP contribution in [0, 0.1) is 6.92 Å². The second kappa shape index (κ2) is 3.79. The molecule has 5 nitrogen and oxygen atoms in total. The van der Waals surface area contributed by atoms with E-state index >= 15 is 0 Å². The fraction of sp³-hybridized carbons (Fsp3) is 0.556. The van der Waals surface area contributed by atoms with E-state index in [-0.39, 0.29) is 12.0 Å². The molecule has 1 aromatic heterocycles. The number of carbonyl (C=O) groups is 1. The molecule has 1 fully saturated rings. The number of hydrogen-bond acceptors (Lipinski definition) is 3. The molecule has 2 rings (SSSR count). The van der Waals surface area contributed by atoms with Gasteiger partial charge in [0.25, 0.3) is 5.91 Å². The average molecular weight is 195 g/mol. The number of rotatable bonds is 2. The van der Waals surface area contributed by atoms with Crippen LogP contribution in [0.5, 0.6) is 0 Å². The molecule has 1 atom stereocenters. The fourth-order valence-electron chi connectivity index (χ4n) is 1.47. The number of aryl methyl sites for hydroxylation is 1. The molecule has 1 amide bonds. The van der Waals surface area contributed by atoms with Crippen molar-refractivity contribution in [1.29, 1.82) is 0 Å². The minimum Gasteiger partial charge on any atom is -0.368 e. The monoisotopic (exact) mass is 195 g/mol. The van der Waals surface area contributed by atoms with Crippen molar-refractivity contribution in [3.63, 3.8) is 0 Å². The van der Waals surface area contributed by atoms with E-state index in [2.05, 4.69) is 15.5 Å². The van der Waals surface area contributed by atoms with Gasteiger partial charge in [-0.3, -0.25) is 9.89 Å². The number of carbonyl (C=O) groups excluding carboxylic acids is 1. The van der Waals surface area contributed by atoms with Gasteiger partial charge in [0.1, 0.15) is 6.10 Å². The van der Waals surface area contributed by atoms with Gasteiger partial charge < -0.3 is 10.1 Å². The maximum atomic E-state index is 11.5. The van der Waals surface area contributed by atoms with Crippen LogP contribution in [0.15, 0.2) is 6.07 Å². The van der Waals surface area contributed by atoms with Crippen molar-refractivity contribution in [2.45, 2.75) is 25.9 Å². The zero-order valence-electron chi connectivity index (χ0n) is 8.04. The Kier molecular flexibility index (Phi) is 2.49. The van der Waals surface area contributed by atoms with E-state index in [9.17, 15) is 4.79 Å². The van der Waals surface area contributed by atoms with Crippen LogP contribution < -0.4 is 5.32 Å². The minimum absolute atomic E-state index is 0.103. The van der Waals surface area contributed by atoms with Gasteiger partial charge in [0, 0.05) is 18.4 Å². The molecular formula is C9H13N3O2. The summed E-state index contributed by atoms with van der Waals surface area (Å²) in [6, 6.07) is 1.78. The summed E-state index contributed by atoms with van der Waals surface area (Å²) < 4.78 is 5.24. The van der Waals surface area contributed by atoms with Crippen LogP contribution in [-0.2, 0) is 9.53 Å². The summed E-state index contributed by atoms with van der Waals surface area (Å²) >= 11 is 0. The lowest BCUT2D eigenvalue weighted by Gasteiger charge is -2.07. The Morgan fingerprint density at radius 2 is 2.64 bits per heavy atom. The second-order valence-corrected chi connectivity index (χ2v) is 3.43. The molecule has 0 bridgehead atoms. The molecule has 1 saturated heterocycles. The summed E-state index contributed by atoms with van der Waals surface area (Å²) in [6.45, 7) is 2.56. The standard InChI is InChI=1S/C9H13N3O2/c1-6-5-8(12-11-6)10-9(13)7-3-2-4-14-7/h5,7H,2-4H2,1H3,(H2,10,11,12,13)/t7-/m0/s1. The number of ether oxygens (including phenoxy) is 1. The summed E-state index contributed by atoms with van der Waals surface area (Å²) in [6.07, 6.45) is 1.46. The maximum absolute atomic E-state index is 11.5. The lowest BCUT2D eigenvalue weighted by atomic mass is 10.2. The first-order chi connectivity index (χ1) is 6.75. The average Bonchev–Trinajstić information content (AvgIpc) is 2.75. The third-order valence-corrected chi connectivity index (χ3v) is 2.18. The van der Waals surface area contributed by atoms with Gasteiger partial charge in [-0.15, -0.1) is 0 Å². The van der Waals surface area contributed by atoms with Gasteiger partial charge in [-0.1, -0.05) is 0 Å². The molecule has 1 aliphatic rings. The summed E-state index contributed by atoms with van der Waals surface area (Å²) in [5, 5.41) is 9.37. The summed E-state index contributed by atoms with van der Waals surface area (Å²) in [5.41, 5.74) is 0.924. The van der Waals surface area contributed by atoms with Crippen molar-refractivity contribution < 1.29 is 9.53 Å². The third-order valence-electron chi connectivity index (χ3n) is 2.18. The highest BCUT2D eigenvalue weighted by Gasteiger charge is 2.23. The normalized spacial score (nSPS) is 21.1. The topological polar surface area (TPSA) is 67.0 Å². The van der Waals surface area contributed by atoms with E-state index in [0.29, 0.717) is 12.4 Å². The van der Waals surface area contributed by atoms with Crippen LogP contribution in [-0.4, -0.2) is 28.8 Å². The van der Waals surface area contributed by atoms with Crippen LogP contribution in [0.2, 0.25) is 0 Å². The number of amides is 1. The van der Waals surface area contributed by atoms with Crippen molar-refractivity contribution in [3.8, 4) is 0 Å². The molecular weight excluding hydrogens is 182 g/mol. The van der Waals surface area contributed by atoms with E-state index in [1.54, 1.807) is 6.07 Å².